The van der Waals surface area contributed by atoms with Crippen LogP contribution in [0.4, 0.5) is 0 Å². The Balaban J connectivity index is 4.19. The second-order valence-corrected chi connectivity index (χ2v) is 9.22. The zero-order valence-electron chi connectivity index (χ0n) is 21.9. The normalized spacial score (nSPS) is 13.4. The van der Waals surface area contributed by atoms with Crippen molar-refractivity contribution in [2.75, 3.05) is 13.2 Å². The molecule has 0 bridgehead atoms. The van der Waals surface area contributed by atoms with Gasteiger partial charge in [0.2, 0.25) is 11.8 Å². The Morgan fingerprint density at radius 1 is 0.649 bits per heavy atom. The van der Waals surface area contributed by atoms with Crippen LogP contribution in [0.5, 0.6) is 0 Å². The van der Waals surface area contributed by atoms with Crippen LogP contribution in [0.15, 0.2) is 0 Å². The molecule has 0 saturated carbocycles. The lowest BCUT2D eigenvalue weighted by Gasteiger charge is -2.17. The summed E-state index contributed by atoms with van der Waals surface area (Å²) in [5, 5.41) is 31.8. The van der Waals surface area contributed by atoms with E-state index in [0.29, 0.717) is 6.42 Å². The Hall–Kier alpha value is -2.73. The van der Waals surface area contributed by atoms with Crippen LogP contribution >= 0.6 is 0 Å². The van der Waals surface area contributed by atoms with Gasteiger partial charge in [0.25, 0.3) is 0 Å². The van der Waals surface area contributed by atoms with Gasteiger partial charge in [-0.05, 0) is 12.8 Å². The smallest absolute Gasteiger partial charge is 0.328 e. The van der Waals surface area contributed by atoms with Crippen molar-refractivity contribution in [3.8, 4) is 0 Å². The summed E-state index contributed by atoms with van der Waals surface area (Å²) in [6.07, 6.45) is 12.2. The van der Waals surface area contributed by atoms with E-state index in [1.165, 1.54) is 44.9 Å². The molecule has 0 rings (SSSR count). The molecule has 0 aromatic heterocycles. The van der Waals surface area contributed by atoms with Crippen molar-refractivity contribution in [2.45, 2.75) is 115 Å². The first-order valence-corrected chi connectivity index (χ1v) is 13.2. The first-order valence-electron chi connectivity index (χ1n) is 13.2. The maximum Gasteiger partial charge on any atom is 0.328 e. The van der Waals surface area contributed by atoms with Crippen LogP contribution in [0, 0.1) is 0 Å². The number of rotatable bonds is 24. The molecule has 0 aliphatic heterocycles. The van der Waals surface area contributed by atoms with Gasteiger partial charge in [-0.2, -0.15) is 0 Å². The number of hydrogen-bond acceptors (Lipinski definition) is 7. The van der Waals surface area contributed by atoms with E-state index in [9.17, 15) is 34.2 Å². The summed E-state index contributed by atoms with van der Waals surface area (Å²) in [4.78, 5) is 57.7. The molecule has 2 amide bonds. The van der Waals surface area contributed by atoms with Gasteiger partial charge in [0.1, 0.15) is 12.1 Å². The van der Waals surface area contributed by atoms with Crippen molar-refractivity contribution >= 4 is 29.7 Å². The summed E-state index contributed by atoms with van der Waals surface area (Å²) >= 11 is 0. The predicted octanol–water partition coefficient (Wildman–Crippen LogP) is 2.04. The number of carboxylic acids is 3. The average Bonchev–Trinajstić information content (AvgIpc) is 2.83. The minimum absolute atomic E-state index is 0.198. The second-order valence-electron chi connectivity index (χ2n) is 9.22. The molecule has 214 valence electrons. The SMILES string of the molecule is CCCCCCCCCCCCCC(=O)N[C@H](CCC(=O)N[C@@H](COC[C@@H](N)C(=O)O)C(=O)O)C(=O)O. The van der Waals surface area contributed by atoms with E-state index < -0.39 is 61.1 Å². The summed E-state index contributed by atoms with van der Waals surface area (Å²) in [5.74, 6) is -5.17. The number of carboxylic acid groups (broad SMARTS) is 3. The van der Waals surface area contributed by atoms with Crippen molar-refractivity contribution < 1.29 is 44.0 Å². The molecular formula is C25H45N3O9. The Bertz CT molecular complexity index is 703. The van der Waals surface area contributed by atoms with E-state index in [0.717, 1.165) is 19.3 Å². The summed E-state index contributed by atoms with van der Waals surface area (Å²) in [6, 6.07) is -4.08. The minimum atomic E-state index is -1.47. The molecule has 0 aromatic carbocycles. The van der Waals surface area contributed by atoms with Gasteiger partial charge in [-0.15, -0.1) is 0 Å². The third-order valence-electron chi connectivity index (χ3n) is 5.83. The number of carbonyl (C=O) groups is 5. The fourth-order valence-electron chi connectivity index (χ4n) is 3.57. The molecule has 0 radical (unpaired) electrons. The van der Waals surface area contributed by atoms with Crippen molar-refractivity contribution in [2.24, 2.45) is 5.73 Å². The third kappa shape index (κ3) is 19.1. The number of nitrogens with two attached hydrogens (primary N) is 1. The van der Waals surface area contributed by atoms with Crippen LogP contribution in [0.25, 0.3) is 0 Å². The molecule has 0 unspecified atom stereocenters. The van der Waals surface area contributed by atoms with E-state index in [4.69, 9.17) is 15.6 Å². The van der Waals surface area contributed by atoms with Gasteiger partial charge in [-0.25, -0.2) is 9.59 Å². The molecule has 12 nitrogen and oxygen atoms in total. The molecule has 3 atom stereocenters. The molecule has 0 aromatic rings. The fraction of sp³-hybridized carbons (Fsp3) is 0.800. The number of ether oxygens (including phenoxy) is 1. The lowest BCUT2D eigenvalue weighted by molar-refractivity contribution is -0.145. The van der Waals surface area contributed by atoms with Crippen molar-refractivity contribution in [3.63, 3.8) is 0 Å². The number of unbranched alkanes of at least 4 members (excludes halogenated alkanes) is 10. The van der Waals surface area contributed by atoms with Gasteiger partial charge < -0.3 is 36.4 Å². The van der Waals surface area contributed by atoms with E-state index >= 15 is 0 Å². The minimum Gasteiger partial charge on any atom is -0.480 e. The molecule has 0 spiro atoms. The van der Waals surface area contributed by atoms with E-state index in [-0.39, 0.29) is 19.3 Å². The monoisotopic (exact) mass is 531 g/mol. The zero-order valence-corrected chi connectivity index (χ0v) is 21.9. The first-order chi connectivity index (χ1) is 17.6. The van der Waals surface area contributed by atoms with Gasteiger partial charge >= 0.3 is 17.9 Å². The topological polar surface area (TPSA) is 205 Å². The van der Waals surface area contributed by atoms with Crippen molar-refractivity contribution in [1.82, 2.24) is 10.6 Å². The number of aliphatic carboxylic acids is 3. The Morgan fingerprint density at radius 3 is 1.59 bits per heavy atom. The first kappa shape index (κ1) is 34.3. The largest absolute Gasteiger partial charge is 0.480 e. The van der Waals surface area contributed by atoms with Crippen LogP contribution in [0.3, 0.4) is 0 Å². The van der Waals surface area contributed by atoms with E-state index in [2.05, 4.69) is 17.6 Å². The molecule has 0 heterocycles. The summed E-state index contributed by atoms with van der Waals surface area (Å²) in [5.41, 5.74) is 5.26. The number of amides is 2. The average molecular weight is 532 g/mol. The van der Waals surface area contributed by atoms with Gasteiger partial charge in [-0.3, -0.25) is 14.4 Å². The highest BCUT2D eigenvalue weighted by Gasteiger charge is 2.24. The molecule has 12 heteroatoms. The Morgan fingerprint density at radius 2 is 1.11 bits per heavy atom. The second kappa shape index (κ2) is 21.4. The molecule has 37 heavy (non-hydrogen) atoms. The maximum absolute atomic E-state index is 12.1. The highest BCUT2D eigenvalue weighted by atomic mass is 16.5. The van der Waals surface area contributed by atoms with Gasteiger partial charge in [-0.1, -0.05) is 71.1 Å². The summed E-state index contributed by atoms with van der Waals surface area (Å²) in [6.45, 7) is 1.24. The Kier molecular flexibility index (Phi) is 19.8. The van der Waals surface area contributed by atoms with Crippen LogP contribution in [-0.2, 0) is 28.7 Å². The van der Waals surface area contributed by atoms with Crippen LogP contribution < -0.4 is 16.4 Å². The highest BCUT2D eigenvalue weighted by molar-refractivity contribution is 5.86. The molecule has 7 N–H and O–H groups in total. The van der Waals surface area contributed by atoms with Gasteiger partial charge in [0.15, 0.2) is 6.04 Å². The lowest BCUT2D eigenvalue weighted by atomic mass is 10.0. The van der Waals surface area contributed by atoms with E-state index in [1.807, 2.05) is 0 Å². The number of nitrogens with one attached hydrogen (secondary N) is 2. The van der Waals surface area contributed by atoms with Crippen molar-refractivity contribution in [3.05, 3.63) is 0 Å². The van der Waals surface area contributed by atoms with Crippen LogP contribution in [-0.4, -0.2) is 76.4 Å². The molecule has 0 saturated heterocycles. The third-order valence-corrected chi connectivity index (χ3v) is 5.83. The molecule has 0 aliphatic carbocycles. The fourth-order valence-corrected chi connectivity index (χ4v) is 3.57. The zero-order chi connectivity index (χ0) is 28.1. The summed E-state index contributed by atoms with van der Waals surface area (Å²) in [7, 11) is 0. The lowest BCUT2D eigenvalue weighted by Crippen LogP contribution is -2.46. The maximum atomic E-state index is 12.1. The highest BCUT2D eigenvalue weighted by Crippen LogP contribution is 2.12. The molecular weight excluding hydrogens is 486 g/mol. The van der Waals surface area contributed by atoms with Crippen LogP contribution in [0.1, 0.15) is 96.8 Å². The van der Waals surface area contributed by atoms with Crippen molar-refractivity contribution in [1.29, 1.82) is 0 Å². The van der Waals surface area contributed by atoms with Gasteiger partial charge in [0, 0.05) is 12.8 Å². The molecule has 0 fully saturated rings. The Labute approximate surface area is 218 Å². The standard InChI is InChI=1S/C25H45N3O9/c1-2-3-4-5-6-7-8-9-10-11-12-13-21(29)27-19(24(33)34)14-15-22(30)28-20(25(35)36)17-37-16-18(26)23(31)32/h18-20H,2-17,26H2,1H3,(H,27,29)(H,28,30)(H,31,32)(H,33,34)(H,35,36)/t18-,19-,20+/m1/s1. The summed E-state index contributed by atoms with van der Waals surface area (Å²) < 4.78 is 4.94. The quantitative estimate of drug-likeness (QED) is 0.0999. The van der Waals surface area contributed by atoms with Crippen LogP contribution in [0.2, 0.25) is 0 Å². The predicted molar refractivity (Wildman–Crippen MR) is 136 cm³/mol. The van der Waals surface area contributed by atoms with E-state index in [1.54, 1.807) is 0 Å². The molecule has 0 aliphatic rings. The number of hydrogen-bond donors (Lipinski definition) is 6. The van der Waals surface area contributed by atoms with Gasteiger partial charge in [0.05, 0.1) is 13.2 Å². The number of carbonyl (C=O) groups excluding carboxylic acids is 2.